The lowest BCUT2D eigenvalue weighted by Crippen LogP contribution is -2.39. The van der Waals surface area contributed by atoms with E-state index in [4.69, 9.17) is 10.5 Å². The number of nitrogens with zero attached hydrogens (tertiary/aromatic N) is 5. The molecule has 3 rings (SSSR count). The molecule has 2 atom stereocenters. The first kappa shape index (κ1) is 17.2. The van der Waals surface area contributed by atoms with E-state index in [0.29, 0.717) is 24.6 Å². The summed E-state index contributed by atoms with van der Waals surface area (Å²) < 4.78 is 7.25. The van der Waals surface area contributed by atoms with Gasteiger partial charge in [-0.05, 0) is 24.6 Å². The maximum atomic E-state index is 13.0. The number of methoxy groups -OCH3 is 1. The van der Waals surface area contributed by atoms with Crippen molar-refractivity contribution in [1.29, 1.82) is 0 Å². The second-order valence-corrected chi connectivity index (χ2v) is 6.46. The fourth-order valence-corrected chi connectivity index (χ4v) is 3.12. The summed E-state index contributed by atoms with van der Waals surface area (Å²) in [4.78, 5) is 21.1. The molecule has 2 aromatic heterocycles. The predicted molar refractivity (Wildman–Crippen MR) is 95.4 cm³/mol. The number of likely N-dealkylation sites (tertiary alicyclic amines) is 1. The van der Waals surface area contributed by atoms with Crippen molar-refractivity contribution >= 4 is 17.4 Å². The monoisotopic (exact) mass is 344 g/mol. The summed E-state index contributed by atoms with van der Waals surface area (Å²) in [6.45, 7) is 1.13. The molecular formula is C17H24N6O2. The molecule has 1 amide bonds. The van der Waals surface area contributed by atoms with Gasteiger partial charge in [-0.1, -0.05) is 0 Å². The van der Waals surface area contributed by atoms with E-state index >= 15 is 0 Å². The van der Waals surface area contributed by atoms with Crippen molar-refractivity contribution < 1.29 is 9.53 Å². The summed E-state index contributed by atoms with van der Waals surface area (Å²) in [7, 11) is 5.54. The van der Waals surface area contributed by atoms with Crippen LogP contribution in [0.15, 0.2) is 30.6 Å². The van der Waals surface area contributed by atoms with Gasteiger partial charge in [0.25, 0.3) is 5.91 Å². The van der Waals surface area contributed by atoms with Crippen molar-refractivity contribution in [3.63, 3.8) is 0 Å². The number of nitrogen functional groups attached to an aromatic ring is 1. The van der Waals surface area contributed by atoms with Crippen LogP contribution in [-0.4, -0.2) is 65.5 Å². The summed E-state index contributed by atoms with van der Waals surface area (Å²) in [6, 6.07) is 5.42. The standard InChI is InChI=1S/C17H24N6O2/c1-21(2)12-4-6-19-15(9-12)17(24)23-11-14(25-3)8-13(23)10-22-7-5-16(18)20-22/h4-7,9,13-14H,8,10-11H2,1-3H3,(H2,18,20)/t13-,14+/m0/s1. The lowest BCUT2D eigenvalue weighted by atomic mass is 10.2. The third-order valence-corrected chi connectivity index (χ3v) is 4.51. The summed E-state index contributed by atoms with van der Waals surface area (Å²) in [5, 5.41) is 4.22. The first-order valence-corrected chi connectivity index (χ1v) is 8.24. The van der Waals surface area contributed by atoms with E-state index in [-0.39, 0.29) is 18.1 Å². The quantitative estimate of drug-likeness (QED) is 0.865. The molecule has 3 heterocycles. The number of aromatic nitrogens is 3. The molecular weight excluding hydrogens is 320 g/mol. The minimum Gasteiger partial charge on any atom is -0.382 e. The van der Waals surface area contributed by atoms with Crippen molar-refractivity contribution in [3.05, 3.63) is 36.3 Å². The minimum absolute atomic E-state index is 0.0124. The third kappa shape index (κ3) is 3.74. The zero-order chi connectivity index (χ0) is 18.0. The van der Waals surface area contributed by atoms with Crippen LogP contribution in [0.1, 0.15) is 16.9 Å². The molecule has 0 saturated carbocycles. The Bertz CT molecular complexity index is 744. The molecule has 8 heteroatoms. The topological polar surface area (TPSA) is 89.5 Å². The summed E-state index contributed by atoms with van der Waals surface area (Å²) in [5.74, 6) is 0.382. The second-order valence-electron chi connectivity index (χ2n) is 6.46. The second kappa shape index (κ2) is 7.10. The summed E-state index contributed by atoms with van der Waals surface area (Å²) in [5.41, 5.74) is 7.06. The summed E-state index contributed by atoms with van der Waals surface area (Å²) >= 11 is 0. The first-order chi connectivity index (χ1) is 12.0. The molecule has 0 unspecified atom stereocenters. The molecule has 2 N–H and O–H groups in total. The van der Waals surface area contributed by atoms with Crippen LogP contribution in [-0.2, 0) is 11.3 Å². The number of hydrogen-bond acceptors (Lipinski definition) is 6. The number of ether oxygens (including phenoxy) is 1. The molecule has 1 aliphatic heterocycles. The fraction of sp³-hybridized carbons (Fsp3) is 0.471. The number of carbonyl (C=O) groups is 1. The van der Waals surface area contributed by atoms with Gasteiger partial charge in [0.2, 0.25) is 0 Å². The average molecular weight is 344 g/mol. The van der Waals surface area contributed by atoms with Gasteiger partial charge in [-0.15, -0.1) is 0 Å². The highest BCUT2D eigenvalue weighted by Crippen LogP contribution is 2.24. The van der Waals surface area contributed by atoms with Gasteiger partial charge < -0.3 is 20.3 Å². The van der Waals surface area contributed by atoms with Crippen molar-refractivity contribution in [2.75, 3.05) is 38.4 Å². The van der Waals surface area contributed by atoms with E-state index < -0.39 is 0 Å². The van der Waals surface area contributed by atoms with Gasteiger partial charge in [0, 0.05) is 45.8 Å². The van der Waals surface area contributed by atoms with Crippen LogP contribution >= 0.6 is 0 Å². The van der Waals surface area contributed by atoms with E-state index in [9.17, 15) is 4.79 Å². The number of pyridine rings is 1. The molecule has 0 radical (unpaired) electrons. The van der Waals surface area contributed by atoms with E-state index in [2.05, 4.69) is 10.1 Å². The van der Waals surface area contributed by atoms with Gasteiger partial charge in [-0.3, -0.25) is 14.5 Å². The molecule has 25 heavy (non-hydrogen) atoms. The molecule has 8 nitrogen and oxygen atoms in total. The lowest BCUT2D eigenvalue weighted by molar-refractivity contribution is 0.0673. The Labute approximate surface area is 147 Å². The molecule has 0 aliphatic carbocycles. The highest BCUT2D eigenvalue weighted by atomic mass is 16.5. The van der Waals surface area contributed by atoms with Crippen molar-refractivity contribution in [3.8, 4) is 0 Å². The molecule has 1 fully saturated rings. The summed E-state index contributed by atoms with van der Waals surface area (Å²) in [6.07, 6.45) is 4.26. The third-order valence-electron chi connectivity index (χ3n) is 4.51. The van der Waals surface area contributed by atoms with Crippen LogP contribution in [0.3, 0.4) is 0 Å². The minimum atomic E-state index is -0.0895. The number of nitrogens with two attached hydrogens (primary N) is 1. The zero-order valence-corrected chi connectivity index (χ0v) is 14.8. The van der Waals surface area contributed by atoms with Gasteiger partial charge in [-0.2, -0.15) is 5.10 Å². The molecule has 2 aromatic rings. The van der Waals surface area contributed by atoms with Gasteiger partial charge in [0.05, 0.1) is 18.7 Å². The van der Waals surface area contributed by atoms with E-state index in [1.54, 1.807) is 24.1 Å². The number of rotatable bonds is 5. The van der Waals surface area contributed by atoms with E-state index in [0.717, 1.165) is 12.1 Å². The number of anilines is 2. The van der Waals surface area contributed by atoms with Gasteiger partial charge in [0.1, 0.15) is 11.5 Å². The van der Waals surface area contributed by atoms with Crippen molar-refractivity contribution in [1.82, 2.24) is 19.7 Å². The predicted octanol–water partition coefficient (Wildman–Crippen LogP) is 0.856. The zero-order valence-electron chi connectivity index (χ0n) is 14.8. The molecule has 1 aliphatic rings. The van der Waals surface area contributed by atoms with Crippen LogP contribution in [0.25, 0.3) is 0 Å². The van der Waals surface area contributed by atoms with Gasteiger partial charge in [-0.25, -0.2) is 0 Å². The largest absolute Gasteiger partial charge is 0.382 e. The Hall–Kier alpha value is -2.61. The molecule has 134 valence electrons. The first-order valence-electron chi connectivity index (χ1n) is 8.24. The Morgan fingerprint density at radius 3 is 2.88 bits per heavy atom. The maximum Gasteiger partial charge on any atom is 0.272 e. The number of carbonyl (C=O) groups excluding carboxylic acids is 1. The fourth-order valence-electron chi connectivity index (χ4n) is 3.12. The van der Waals surface area contributed by atoms with Gasteiger partial charge in [0.15, 0.2) is 0 Å². The Balaban J connectivity index is 1.81. The Kier molecular flexibility index (Phi) is 4.89. The van der Waals surface area contributed by atoms with E-state index in [1.165, 1.54) is 0 Å². The van der Waals surface area contributed by atoms with Crippen LogP contribution in [0.4, 0.5) is 11.5 Å². The normalized spacial score (nSPS) is 20.0. The molecule has 0 bridgehead atoms. The molecule has 0 spiro atoms. The van der Waals surface area contributed by atoms with Crippen LogP contribution in [0, 0.1) is 0 Å². The highest BCUT2D eigenvalue weighted by Gasteiger charge is 2.36. The Morgan fingerprint density at radius 1 is 1.44 bits per heavy atom. The highest BCUT2D eigenvalue weighted by molar-refractivity contribution is 5.93. The SMILES string of the molecule is CO[C@@H]1C[C@@H](Cn2ccc(N)n2)N(C(=O)c2cc(N(C)C)ccn2)C1. The van der Waals surface area contributed by atoms with Crippen molar-refractivity contribution in [2.45, 2.75) is 25.1 Å². The molecule has 0 aromatic carbocycles. The number of hydrogen-bond donors (Lipinski definition) is 1. The lowest BCUT2D eigenvalue weighted by Gasteiger charge is -2.24. The number of amides is 1. The average Bonchev–Trinajstić information content (AvgIpc) is 3.20. The van der Waals surface area contributed by atoms with Crippen molar-refractivity contribution in [2.24, 2.45) is 0 Å². The van der Waals surface area contributed by atoms with E-state index in [1.807, 2.05) is 42.2 Å². The van der Waals surface area contributed by atoms with Crippen LogP contribution in [0.2, 0.25) is 0 Å². The molecule has 1 saturated heterocycles. The van der Waals surface area contributed by atoms with Crippen LogP contribution in [0.5, 0.6) is 0 Å². The smallest absolute Gasteiger partial charge is 0.272 e. The maximum absolute atomic E-state index is 13.0. The van der Waals surface area contributed by atoms with Gasteiger partial charge >= 0.3 is 0 Å². The van der Waals surface area contributed by atoms with Crippen LogP contribution < -0.4 is 10.6 Å². The Morgan fingerprint density at radius 2 is 2.24 bits per heavy atom.